The van der Waals surface area contributed by atoms with E-state index in [2.05, 4.69) is 20.0 Å². The molecule has 0 aliphatic carbocycles. The Morgan fingerprint density at radius 1 is 1.08 bits per heavy atom. The summed E-state index contributed by atoms with van der Waals surface area (Å²) in [5.41, 5.74) is 0.753. The first-order valence-corrected chi connectivity index (χ1v) is 12.6. The van der Waals surface area contributed by atoms with Gasteiger partial charge >= 0.3 is 5.97 Å². The minimum absolute atomic E-state index is 0.0104. The molecule has 2 N–H and O–H groups in total. The number of amides is 1. The Kier molecular flexibility index (Phi) is 8.56. The molecule has 0 spiro atoms. The van der Waals surface area contributed by atoms with Gasteiger partial charge in [-0.3, -0.25) is 9.59 Å². The Balaban J connectivity index is 1.82. The molecule has 11 nitrogen and oxygen atoms in total. The number of hydrogen-bond donors (Lipinski definition) is 2. The van der Waals surface area contributed by atoms with E-state index in [0.29, 0.717) is 5.56 Å². The van der Waals surface area contributed by atoms with Crippen molar-refractivity contribution in [3.8, 4) is 17.5 Å². The quantitative estimate of drug-likeness (QED) is 0.385. The van der Waals surface area contributed by atoms with Crippen LogP contribution in [0.1, 0.15) is 22.8 Å². The summed E-state index contributed by atoms with van der Waals surface area (Å²) >= 11 is 0. The largest absolute Gasteiger partial charge is 0.472 e. The number of nitrogens with zero attached hydrogens (tertiary/aromatic N) is 2. The van der Waals surface area contributed by atoms with Crippen LogP contribution in [0.25, 0.3) is 0 Å². The van der Waals surface area contributed by atoms with Gasteiger partial charge in [0.25, 0.3) is 5.91 Å². The summed E-state index contributed by atoms with van der Waals surface area (Å²) in [6.45, 7) is 1.35. The molecule has 190 valence electrons. The topological polar surface area (TPSA) is 154 Å². The lowest BCUT2D eigenvalue weighted by Gasteiger charge is -2.14. The number of pyridine rings is 2. The summed E-state index contributed by atoms with van der Waals surface area (Å²) in [6, 6.07) is 11.6. The predicted molar refractivity (Wildman–Crippen MR) is 129 cm³/mol. The minimum atomic E-state index is -3.37. The summed E-state index contributed by atoms with van der Waals surface area (Å²) < 4.78 is 39.2. The normalized spacial score (nSPS) is 11.9. The molecule has 0 saturated carbocycles. The number of carbonyl (C=O) groups is 2. The van der Waals surface area contributed by atoms with Gasteiger partial charge in [-0.2, -0.15) is 4.98 Å². The van der Waals surface area contributed by atoms with Gasteiger partial charge in [-0.05, 0) is 42.8 Å². The third-order valence-electron chi connectivity index (χ3n) is 4.74. The summed E-state index contributed by atoms with van der Waals surface area (Å²) in [6.07, 6.45) is 2.00. The fraction of sp³-hybridized carbons (Fsp3) is 0.250. The van der Waals surface area contributed by atoms with Crippen molar-refractivity contribution in [2.75, 3.05) is 25.3 Å². The molecule has 1 atom stereocenters. The fourth-order valence-corrected chi connectivity index (χ4v) is 3.50. The van der Waals surface area contributed by atoms with Crippen molar-refractivity contribution in [1.29, 1.82) is 0 Å². The van der Waals surface area contributed by atoms with E-state index in [1.54, 1.807) is 19.1 Å². The molecule has 36 heavy (non-hydrogen) atoms. The van der Waals surface area contributed by atoms with Gasteiger partial charge in [0.15, 0.2) is 9.84 Å². The molecule has 2 heterocycles. The summed E-state index contributed by atoms with van der Waals surface area (Å²) in [7, 11) is -2.08. The summed E-state index contributed by atoms with van der Waals surface area (Å²) in [5, 5.41) is 12.0. The molecule has 1 aromatic carbocycles. The van der Waals surface area contributed by atoms with Crippen LogP contribution in [0.5, 0.6) is 17.5 Å². The third kappa shape index (κ3) is 7.48. The SMILES string of the molecule is COC(=O)Cc1ccc(NC(=O)c2cc(Oc3ccc(S(C)(=O)=O)cc3)nc(O[C@H](C)CO)c2)nc1. The number of anilines is 1. The number of hydrogen-bond acceptors (Lipinski definition) is 10. The van der Waals surface area contributed by atoms with Crippen molar-refractivity contribution in [3.05, 3.63) is 65.9 Å². The van der Waals surface area contributed by atoms with Gasteiger partial charge in [-0.25, -0.2) is 13.4 Å². The van der Waals surface area contributed by atoms with E-state index in [1.165, 1.54) is 49.7 Å². The van der Waals surface area contributed by atoms with Crippen LogP contribution in [0, 0.1) is 0 Å². The first-order chi connectivity index (χ1) is 17.1. The van der Waals surface area contributed by atoms with Gasteiger partial charge in [-0.1, -0.05) is 6.07 Å². The first kappa shape index (κ1) is 26.6. The molecule has 0 bridgehead atoms. The highest BCUT2D eigenvalue weighted by molar-refractivity contribution is 7.90. The molecule has 3 aromatic rings. The molecule has 12 heteroatoms. The van der Waals surface area contributed by atoms with Gasteiger partial charge in [-0.15, -0.1) is 0 Å². The van der Waals surface area contributed by atoms with E-state index < -0.39 is 27.8 Å². The number of carbonyl (C=O) groups excluding carboxylic acids is 2. The smallest absolute Gasteiger partial charge is 0.310 e. The molecule has 0 saturated heterocycles. The number of aliphatic hydroxyl groups is 1. The Bertz CT molecular complexity index is 1330. The average molecular weight is 516 g/mol. The van der Waals surface area contributed by atoms with Crippen LogP contribution in [0.3, 0.4) is 0 Å². The van der Waals surface area contributed by atoms with E-state index in [-0.39, 0.29) is 46.8 Å². The van der Waals surface area contributed by atoms with Crippen LogP contribution in [-0.2, 0) is 25.8 Å². The van der Waals surface area contributed by atoms with E-state index in [9.17, 15) is 23.1 Å². The van der Waals surface area contributed by atoms with Crippen LogP contribution >= 0.6 is 0 Å². The lowest BCUT2D eigenvalue weighted by molar-refractivity contribution is -0.139. The maximum atomic E-state index is 12.9. The lowest BCUT2D eigenvalue weighted by atomic mass is 10.2. The Morgan fingerprint density at radius 2 is 1.78 bits per heavy atom. The Hall–Kier alpha value is -4.03. The highest BCUT2D eigenvalue weighted by Gasteiger charge is 2.15. The minimum Gasteiger partial charge on any atom is -0.472 e. The van der Waals surface area contributed by atoms with Crippen LogP contribution in [0.4, 0.5) is 5.82 Å². The number of ether oxygens (including phenoxy) is 3. The average Bonchev–Trinajstić information content (AvgIpc) is 2.84. The van der Waals surface area contributed by atoms with Crippen LogP contribution < -0.4 is 14.8 Å². The molecular formula is C24H25N3O8S. The second-order valence-electron chi connectivity index (χ2n) is 7.75. The number of rotatable bonds is 10. The van der Waals surface area contributed by atoms with E-state index >= 15 is 0 Å². The highest BCUT2D eigenvalue weighted by Crippen LogP contribution is 2.26. The summed E-state index contributed by atoms with van der Waals surface area (Å²) in [5.74, 6) is -0.366. The van der Waals surface area contributed by atoms with Gasteiger partial charge in [0.2, 0.25) is 11.8 Å². The number of esters is 1. The number of aliphatic hydroxyl groups excluding tert-OH is 1. The second kappa shape index (κ2) is 11.6. The first-order valence-electron chi connectivity index (χ1n) is 10.7. The van der Waals surface area contributed by atoms with Crippen molar-refractivity contribution in [3.63, 3.8) is 0 Å². The summed E-state index contributed by atoms with van der Waals surface area (Å²) in [4.78, 5) is 32.8. The van der Waals surface area contributed by atoms with Crippen LogP contribution in [-0.4, -0.2) is 61.4 Å². The van der Waals surface area contributed by atoms with Gasteiger partial charge < -0.3 is 24.6 Å². The van der Waals surface area contributed by atoms with E-state index in [0.717, 1.165) is 6.26 Å². The highest BCUT2D eigenvalue weighted by atomic mass is 32.2. The molecule has 0 radical (unpaired) electrons. The van der Waals surface area contributed by atoms with Crippen molar-refractivity contribution in [2.24, 2.45) is 0 Å². The second-order valence-corrected chi connectivity index (χ2v) is 9.76. The van der Waals surface area contributed by atoms with Crippen LogP contribution in [0.2, 0.25) is 0 Å². The standard InChI is InChI=1S/C24H25N3O8S/c1-15(14-28)34-21-11-17(24(30)26-20-9-4-16(13-25-20)10-23(29)33-2)12-22(27-21)35-18-5-7-19(8-6-18)36(3,31)32/h4-9,11-13,15,28H,10,14H2,1-3H3,(H,25,26,30)/t15-/m1/s1. The molecule has 3 rings (SSSR count). The van der Waals surface area contributed by atoms with Crippen molar-refractivity contribution >= 4 is 27.5 Å². The maximum absolute atomic E-state index is 12.9. The number of methoxy groups -OCH3 is 1. The van der Waals surface area contributed by atoms with Gasteiger partial charge in [0, 0.05) is 24.6 Å². The molecule has 0 unspecified atom stereocenters. The molecule has 1 amide bonds. The van der Waals surface area contributed by atoms with Crippen molar-refractivity contribution in [2.45, 2.75) is 24.3 Å². The van der Waals surface area contributed by atoms with Crippen LogP contribution in [0.15, 0.2) is 59.6 Å². The lowest BCUT2D eigenvalue weighted by Crippen LogP contribution is -2.18. The van der Waals surface area contributed by atoms with E-state index in [4.69, 9.17) is 9.47 Å². The number of sulfone groups is 1. The van der Waals surface area contributed by atoms with Crippen molar-refractivity contribution < 1.29 is 37.3 Å². The Morgan fingerprint density at radius 3 is 2.36 bits per heavy atom. The third-order valence-corrected chi connectivity index (χ3v) is 5.86. The predicted octanol–water partition coefficient (Wildman–Crippen LogP) is 2.40. The molecule has 0 aliphatic rings. The fourth-order valence-electron chi connectivity index (χ4n) is 2.87. The molecular weight excluding hydrogens is 490 g/mol. The van der Waals surface area contributed by atoms with E-state index in [1.807, 2.05) is 0 Å². The molecule has 0 fully saturated rings. The molecule has 2 aromatic heterocycles. The number of benzene rings is 1. The Labute approximate surface area is 208 Å². The maximum Gasteiger partial charge on any atom is 0.310 e. The zero-order valence-corrected chi connectivity index (χ0v) is 20.6. The van der Waals surface area contributed by atoms with Crippen molar-refractivity contribution in [1.82, 2.24) is 9.97 Å². The zero-order valence-electron chi connectivity index (χ0n) is 19.8. The zero-order chi connectivity index (χ0) is 26.3. The molecule has 0 aliphatic heterocycles. The monoisotopic (exact) mass is 515 g/mol. The van der Waals surface area contributed by atoms with Gasteiger partial charge in [0.05, 0.1) is 30.6 Å². The number of nitrogens with one attached hydrogen (secondary N) is 1. The number of aromatic nitrogens is 2. The van der Waals surface area contributed by atoms with Gasteiger partial charge in [0.1, 0.15) is 17.7 Å².